The summed E-state index contributed by atoms with van der Waals surface area (Å²) in [5.74, 6) is -0.131. The molecule has 23 heavy (non-hydrogen) atoms. The van der Waals surface area contributed by atoms with Gasteiger partial charge < -0.3 is 10.6 Å². The first-order valence-electron chi connectivity index (χ1n) is 7.97. The summed E-state index contributed by atoms with van der Waals surface area (Å²) in [6.45, 7) is 4.02. The van der Waals surface area contributed by atoms with Crippen LogP contribution < -0.4 is 10.6 Å². The van der Waals surface area contributed by atoms with Crippen molar-refractivity contribution < 1.29 is 14.0 Å². The van der Waals surface area contributed by atoms with Crippen LogP contribution in [0.4, 0.5) is 4.39 Å². The molecule has 4 nitrogen and oxygen atoms in total. The molecule has 0 bridgehead atoms. The van der Waals surface area contributed by atoms with Gasteiger partial charge in [0.05, 0.1) is 5.25 Å². The number of carbonyl (C=O) groups is 2. The van der Waals surface area contributed by atoms with Crippen molar-refractivity contribution in [1.82, 2.24) is 10.6 Å². The Kier molecular flexibility index (Phi) is 6.45. The van der Waals surface area contributed by atoms with Gasteiger partial charge in [0.1, 0.15) is 11.9 Å². The summed E-state index contributed by atoms with van der Waals surface area (Å²) in [6, 6.07) is 6.06. The fourth-order valence-corrected chi connectivity index (χ4v) is 3.78. The molecule has 1 aromatic rings. The molecule has 2 amide bonds. The standard InChI is InChI=1S/C17H23FN2O2S/c1-3-6-11(2)19-16(21)14-10-23-15(17(22)20-14)9-12-7-4-5-8-13(12)18/h4-5,7-8,11,14-15H,3,6,9-10H2,1-2H3,(H,19,21)(H,20,22). The zero-order valence-electron chi connectivity index (χ0n) is 13.5. The molecule has 1 aliphatic rings. The van der Waals surface area contributed by atoms with Crippen molar-refractivity contribution in [3.05, 3.63) is 35.6 Å². The van der Waals surface area contributed by atoms with E-state index < -0.39 is 6.04 Å². The molecule has 0 aliphatic carbocycles. The van der Waals surface area contributed by atoms with E-state index in [1.807, 2.05) is 6.92 Å². The number of halogens is 1. The summed E-state index contributed by atoms with van der Waals surface area (Å²) in [6.07, 6.45) is 2.25. The largest absolute Gasteiger partial charge is 0.352 e. The Labute approximate surface area is 140 Å². The van der Waals surface area contributed by atoms with Crippen LogP contribution in [0.2, 0.25) is 0 Å². The van der Waals surface area contributed by atoms with Crippen molar-refractivity contribution in [2.75, 3.05) is 5.75 Å². The lowest BCUT2D eigenvalue weighted by Gasteiger charge is -2.29. The lowest BCUT2D eigenvalue weighted by Crippen LogP contribution is -2.55. The van der Waals surface area contributed by atoms with E-state index in [9.17, 15) is 14.0 Å². The molecule has 1 aliphatic heterocycles. The minimum Gasteiger partial charge on any atom is -0.352 e. The van der Waals surface area contributed by atoms with Crippen LogP contribution in [0.15, 0.2) is 24.3 Å². The normalized spacial score (nSPS) is 22.3. The molecular formula is C17H23FN2O2S. The predicted octanol–water partition coefficient (Wildman–Crippen LogP) is 2.27. The molecule has 1 fully saturated rings. The van der Waals surface area contributed by atoms with Gasteiger partial charge in [0.15, 0.2) is 0 Å². The molecule has 2 rings (SSSR count). The maximum absolute atomic E-state index is 13.7. The van der Waals surface area contributed by atoms with Gasteiger partial charge in [0.2, 0.25) is 11.8 Å². The van der Waals surface area contributed by atoms with Gasteiger partial charge in [-0.05, 0) is 31.4 Å². The highest BCUT2D eigenvalue weighted by molar-refractivity contribution is 8.00. The van der Waals surface area contributed by atoms with Gasteiger partial charge in [-0.3, -0.25) is 9.59 Å². The molecule has 3 unspecified atom stereocenters. The average Bonchev–Trinajstić information content (AvgIpc) is 2.51. The first-order valence-corrected chi connectivity index (χ1v) is 9.02. The quantitative estimate of drug-likeness (QED) is 0.837. The van der Waals surface area contributed by atoms with Crippen molar-refractivity contribution in [3.63, 3.8) is 0 Å². The van der Waals surface area contributed by atoms with Crippen LogP contribution in [0.25, 0.3) is 0 Å². The maximum atomic E-state index is 13.7. The predicted molar refractivity (Wildman–Crippen MR) is 90.8 cm³/mol. The van der Waals surface area contributed by atoms with Crippen LogP contribution in [0.5, 0.6) is 0 Å². The Morgan fingerprint density at radius 3 is 2.87 bits per heavy atom. The fourth-order valence-electron chi connectivity index (χ4n) is 2.60. The highest BCUT2D eigenvalue weighted by Gasteiger charge is 2.33. The number of thioether (sulfide) groups is 1. The van der Waals surface area contributed by atoms with Crippen LogP contribution in [0.3, 0.4) is 0 Å². The summed E-state index contributed by atoms with van der Waals surface area (Å²) >= 11 is 1.41. The Bertz CT molecular complexity index is 567. The molecule has 126 valence electrons. The van der Waals surface area contributed by atoms with Gasteiger partial charge in [-0.25, -0.2) is 4.39 Å². The number of carbonyl (C=O) groups excluding carboxylic acids is 2. The highest BCUT2D eigenvalue weighted by atomic mass is 32.2. The van der Waals surface area contributed by atoms with E-state index >= 15 is 0 Å². The Balaban J connectivity index is 1.88. The second-order valence-electron chi connectivity index (χ2n) is 5.88. The Morgan fingerprint density at radius 1 is 1.48 bits per heavy atom. The molecule has 0 spiro atoms. The third-order valence-corrected chi connectivity index (χ3v) is 5.17. The van der Waals surface area contributed by atoms with Gasteiger partial charge in [0.25, 0.3) is 0 Å². The number of hydrogen-bond donors (Lipinski definition) is 2. The van der Waals surface area contributed by atoms with E-state index in [4.69, 9.17) is 0 Å². The number of amides is 2. The lowest BCUT2D eigenvalue weighted by molar-refractivity contribution is -0.129. The van der Waals surface area contributed by atoms with Gasteiger partial charge in [-0.2, -0.15) is 0 Å². The molecule has 3 atom stereocenters. The number of nitrogens with one attached hydrogen (secondary N) is 2. The topological polar surface area (TPSA) is 58.2 Å². The second kappa shape index (κ2) is 8.34. The molecule has 0 saturated carbocycles. The number of rotatable bonds is 6. The van der Waals surface area contributed by atoms with Crippen LogP contribution in [-0.2, 0) is 16.0 Å². The SMILES string of the molecule is CCCC(C)NC(=O)C1CSC(Cc2ccccc2F)C(=O)N1. The lowest BCUT2D eigenvalue weighted by atomic mass is 10.1. The first kappa shape index (κ1) is 17.8. The van der Waals surface area contributed by atoms with Gasteiger partial charge in [-0.1, -0.05) is 31.5 Å². The Morgan fingerprint density at radius 2 is 2.22 bits per heavy atom. The zero-order chi connectivity index (χ0) is 16.8. The molecule has 0 aromatic heterocycles. The number of hydrogen-bond acceptors (Lipinski definition) is 3. The Hall–Kier alpha value is -1.56. The summed E-state index contributed by atoms with van der Waals surface area (Å²) in [5, 5.41) is 5.32. The smallest absolute Gasteiger partial charge is 0.243 e. The van der Waals surface area contributed by atoms with E-state index in [-0.39, 0.29) is 28.9 Å². The van der Waals surface area contributed by atoms with Gasteiger partial charge in [-0.15, -0.1) is 11.8 Å². The molecular weight excluding hydrogens is 315 g/mol. The van der Waals surface area contributed by atoms with Crippen molar-refractivity contribution >= 4 is 23.6 Å². The summed E-state index contributed by atoms with van der Waals surface area (Å²) in [7, 11) is 0. The molecule has 0 radical (unpaired) electrons. The first-order chi connectivity index (χ1) is 11.0. The van der Waals surface area contributed by atoms with E-state index in [2.05, 4.69) is 17.6 Å². The monoisotopic (exact) mass is 338 g/mol. The van der Waals surface area contributed by atoms with Crippen molar-refractivity contribution in [3.8, 4) is 0 Å². The molecule has 1 aromatic carbocycles. The van der Waals surface area contributed by atoms with Crippen molar-refractivity contribution in [2.45, 2.75) is 50.4 Å². The molecule has 1 saturated heterocycles. The van der Waals surface area contributed by atoms with E-state index in [0.29, 0.717) is 17.7 Å². The highest BCUT2D eigenvalue weighted by Crippen LogP contribution is 2.23. The summed E-state index contributed by atoms with van der Waals surface area (Å²) < 4.78 is 13.7. The third kappa shape index (κ3) is 4.96. The average molecular weight is 338 g/mol. The summed E-state index contributed by atoms with van der Waals surface area (Å²) in [5.41, 5.74) is 0.527. The second-order valence-corrected chi connectivity index (χ2v) is 7.11. The molecule has 6 heteroatoms. The van der Waals surface area contributed by atoms with Gasteiger partial charge >= 0.3 is 0 Å². The van der Waals surface area contributed by atoms with Crippen LogP contribution in [0, 0.1) is 5.82 Å². The minimum absolute atomic E-state index is 0.102. The van der Waals surface area contributed by atoms with E-state index in [0.717, 1.165) is 12.8 Å². The third-order valence-electron chi connectivity index (χ3n) is 3.86. The zero-order valence-corrected chi connectivity index (χ0v) is 14.3. The summed E-state index contributed by atoms with van der Waals surface area (Å²) in [4.78, 5) is 24.4. The molecule has 2 N–H and O–H groups in total. The number of benzene rings is 1. The van der Waals surface area contributed by atoms with Crippen LogP contribution in [-0.4, -0.2) is 34.9 Å². The van der Waals surface area contributed by atoms with E-state index in [1.54, 1.807) is 18.2 Å². The minimum atomic E-state index is -0.510. The van der Waals surface area contributed by atoms with Crippen LogP contribution in [0.1, 0.15) is 32.3 Å². The van der Waals surface area contributed by atoms with Crippen LogP contribution >= 0.6 is 11.8 Å². The van der Waals surface area contributed by atoms with E-state index in [1.165, 1.54) is 17.8 Å². The van der Waals surface area contributed by atoms with Crippen molar-refractivity contribution in [2.24, 2.45) is 0 Å². The fraction of sp³-hybridized carbons (Fsp3) is 0.529. The maximum Gasteiger partial charge on any atom is 0.243 e. The molecule has 1 heterocycles. The van der Waals surface area contributed by atoms with Crippen molar-refractivity contribution in [1.29, 1.82) is 0 Å². The van der Waals surface area contributed by atoms with Gasteiger partial charge in [0, 0.05) is 11.8 Å².